The molecule has 1 aromatic heterocycles. The second-order valence-electron chi connectivity index (χ2n) is 6.25. The van der Waals surface area contributed by atoms with E-state index in [4.69, 9.17) is 9.15 Å². The number of nitrogens with zero attached hydrogens (tertiary/aromatic N) is 1. The lowest BCUT2D eigenvalue weighted by atomic mass is 10.1. The monoisotopic (exact) mass is 397 g/mol. The van der Waals surface area contributed by atoms with Gasteiger partial charge in [-0.15, -0.1) is 0 Å². The molecule has 28 heavy (non-hydrogen) atoms. The topological polar surface area (TPSA) is 93.5 Å². The molecule has 3 rings (SSSR count). The standard InChI is InChI=1S/C18H18F3N3O4/c19-18(20,21)11-4-3-5-12(8-11)27-10-15-23-14(9-28-15)17(26)24-13-6-1-2-7-22-16(13)25/h3-5,8-9,13H,1-2,6-7,10H2,(H,22,25)(H,24,26)/t13-/m0/s1. The van der Waals surface area contributed by atoms with E-state index in [1.54, 1.807) is 0 Å². The number of benzene rings is 1. The van der Waals surface area contributed by atoms with Gasteiger partial charge in [-0.05, 0) is 37.5 Å². The first-order valence-corrected chi connectivity index (χ1v) is 8.66. The van der Waals surface area contributed by atoms with Crippen LogP contribution in [0.5, 0.6) is 5.75 Å². The lowest BCUT2D eigenvalue weighted by molar-refractivity contribution is -0.137. The first-order chi connectivity index (χ1) is 13.3. The number of carbonyl (C=O) groups is 2. The number of amides is 2. The molecule has 0 unspecified atom stereocenters. The van der Waals surface area contributed by atoms with E-state index in [9.17, 15) is 22.8 Å². The van der Waals surface area contributed by atoms with Gasteiger partial charge in [0.2, 0.25) is 11.8 Å². The van der Waals surface area contributed by atoms with Gasteiger partial charge in [-0.3, -0.25) is 9.59 Å². The van der Waals surface area contributed by atoms with Crippen LogP contribution >= 0.6 is 0 Å². The van der Waals surface area contributed by atoms with Gasteiger partial charge in [0.1, 0.15) is 18.1 Å². The van der Waals surface area contributed by atoms with Crippen LogP contribution in [0.4, 0.5) is 13.2 Å². The molecule has 2 N–H and O–H groups in total. The largest absolute Gasteiger partial charge is 0.484 e. The molecule has 150 valence electrons. The maximum atomic E-state index is 12.7. The van der Waals surface area contributed by atoms with Gasteiger partial charge in [-0.2, -0.15) is 13.2 Å². The van der Waals surface area contributed by atoms with Crippen LogP contribution in [0.3, 0.4) is 0 Å². The number of aromatic nitrogens is 1. The normalized spacial score (nSPS) is 17.5. The molecule has 2 heterocycles. The first-order valence-electron chi connectivity index (χ1n) is 8.66. The molecule has 2 aromatic rings. The average molecular weight is 397 g/mol. The van der Waals surface area contributed by atoms with E-state index < -0.39 is 23.7 Å². The maximum absolute atomic E-state index is 12.7. The van der Waals surface area contributed by atoms with Gasteiger partial charge >= 0.3 is 6.18 Å². The van der Waals surface area contributed by atoms with Crippen LogP contribution in [-0.2, 0) is 17.6 Å². The van der Waals surface area contributed by atoms with Crippen LogP contribution in [0.2, 0.25) is 0 Å². The summed E-state index contributed by atoms with van der Waals surface area (Å²) in [6.45, 7) is 0.324. The Labute approximate surface area is 158 Å². The van der Waals surface area contributed by atoms with Crippen molar-refractivity contribution in [1.29, 1.82) is 0 Å². The van der Waals surface area contributed by atoms with Crippen LogP contribution in [0.15, 0.2) is 34.9 Å². The van der Waals surface area contributed by atoms with Gasteiger partial charge in [-0.25, -0.2) is 4.98 Å². The predicted molar refractivity (Wildman–Crippen MR) is 90.4 cm³/mol. The highest BCUT2D eigenvalue weighted by Crippen LogP contribution is 2.31. The van der Waals surface area contributed by atoms with Crippen LogP contribution in [0.25, 0.3) is 0 Å². The maximum Gasteiger partial charge on any atom is 0.416 e. The number of nitrogens with one attached hydrogen (secondary N) is 2. The van der Waals surface area contributed by atoms with Crippen LogP contribution in [-0.4, -0.2) is 29.4 Å². The molecule has 1 aliphatic heterocycles. The van der Waals surface area contributed by atoms with E-state index >= 15 is 0 Å². The molecule has 1 saturated heterocycles. The minimum absolute atomic E-state index is 0.00541. The fourth-order valence-electron chi connectivity index (χ4n) is 2.70. The molecule has 1 aliphatic rings. The van der Waals surface area contributed by atoms with Crippen molar-refractivity contribution in [1.82, 2.24) is 15.6 Å². The number of oxazole rings is 1. The average Bonchev–Trinajstić information content (AvgIpc) is 3.05. The highest BCUT2D eigenvalue weighted by atomic mass is 19.4. The zero-order valence-corrected chi connectivity index (χ0v) is 14.7. The second-order valence-corrected chi connectivity index (χ2v) is 6.25. The van der Waals surface area contributed by atoms with Gasteiger partial charge in [0.25, 0.3) is 5.91 Å². The highest BCUT2D eigenvalue weighted by Gasteiger charge is 2.30. The molecule has 10 heteroatoms. The third kappa shape index (κ3) is 5.02. The Morgan fingerprint density at radius 3 is 2.96 bits per heavy atom. The quantitative estimate of drug-likeness (QED) is 0.809. The van der Waals surface area contributed by atoms with E-state index in [1.807, 2.05) is 0 Å². The van der Waals surface area contributed by atoms with Crippen molar-refractivity contribution in [3.05, 3.63) is 47.7 Å². The van der Waals surface area contributed by atoms with Crippen LogP contribution < -0.4 is 15.4 Å². The Bertz CT molecular complexity index is 851. The summed E-state index contributed by atoms with van der Waals surface area (Å²) in [7, 11) is 0. The first kappa shape index (κ1) is 19.7. The van der Waals surface area contributed by atoms with Crippen molar-refractivity contribution in [3.63, 3.8) is 0 Å². The smallest absolute Gasteiger partial charge is 0.416 e. The summed E-state index contributed by atoms with van der Waals surface area (Å²) in [5.74, 6) is -0.805. The van der Waals surface area contributed by atoms with Crippen molar-refractivity contribution in [2.45, 2.75) is 38.1 Å². The molecule has 1 atom stereocenters. The van der Waals surface area contributed by atoms with Crippen molar-refractivity contribution in [2.75, 3.05) is 6.54 Å². The predicted octanol–water partition coefficient (Wildman–Crippen LogP) is 2.67. The van der Waals surface area contributed by atoms with E-state index in [0.717, 1.165) is 31.2 Å². The van der Waals surface area contributed by atoms with Crippen LogP contribution in [0, 0.1) is 0 Å². The third-order valence-electron chi connectivity index (χ3n) is 4.15. The van der Waals surface area contributed by atoms with Crippen LogP contribution in [0.1, 0.15) is 41.2 Å². The minimum atomic E-state index is -4.47. The van der Waals surface area contributed by atoms with Gasteiger partial charge < -0.3 is 19.8 Å². The molecule has 1 fully saturated rings. The molecular weight excluding hydrogens is 379 g/mol. The molecule has 1 aromatic carbocycles. The van der Waals surface area contributed by atoms with Crippen molar-refractivity contribution in [3.8, 4) is 5.75 Å². The fourth-order valence-corrected chi connectivity index (χ4v) is 2.70. The second kappa shape index (κ2) is 8.32. The summed E-state index contributed by atoms with van der Waals surface area (Å²) < 4.78 is 48.5. The summed E-state index contributed by atoms with van der Waals surface area (Å²) in [6.07, 6.45) is -1.19. The van der Waals surface area contributed by atoms with Crippen molar-refractivity contribution < 1.29 is 31.9 Å². The SMILES string of the molecule is O=C(N[C@H]1CCCCNC1=O)c1coc(COc2cccc(C(F)(F)F)c2)n1. The number of alkyl halides is 3. The molecular formula is C18H18F3N3O4. The lowest BCUT2D eigenvalue weighted by Crippen LogP contribution is -2.45. The van der Waals surface area contributed by atoms with Crippen molar-refractivity contribution >= 4 is 11.8 Å². The molecule has 7 nitrogen and oxygen atoms in total. The van der Waals surface area contributed by atoms with E-state index in [2.05, 4.69) is 15.6 Å². The minimum Gasteiger partial charge on any atom is -0.484 e. The molecule has 0 radical (unpaired) electrons. The van der Waals surface area contributed by atoms with E-state index in [1.165, 1.54) is 12.1 Å². The number of carbonyl (C=O) groups excluding carboxylic acids is 2. The Morgan fingerprint density at radius 1 is 1.36 bits per heavy atom. The van der Waals surface area contributed by atoms with Gasteiger partial charge in [-0.1, -0.05) is 6.07 Å². The molecule has 0 spiro atoms. The molecule has 0 aliphatic carbocycles. The fraction of sp³-hybridized carbons (Fsp3) is 0.389. The Hall–Kier alpha value is -3.04. The number of rotatable bonds is 5. The Morgan fingerprint density at radius 2 is 2.18 bits per heavy atom. The summed E-state index contributed by atoms with van der Waals surface area (Å²) in [4.78, 5) is 28.1. The molecule has 0 bridgehead atoms. The summed E-state index contributed by atoms with van der Waals surface area (Å²) in [5.41, 5.74) is -0.876. The number of hydrogen-bond donors (Lipinski definition) is 2. The van der Waals surface area contributed by atoms with E-state index in [0.29, 0.717) is 13.0 Å². The number of ether oxygens (including phenoxy) is 1. The van der Waals surface area contributed by atoms with E-state index in [-0.39, 0.29) is 29.8 Å². The number of hydrogen-bond acceptors (Lipinski definition) is 5. The van der Waals surface area contributed by atoms with Crippen molar-refractivity contribution in [2.24, 2.45) is 0 Å². The summed E-state index contributed by atoms with van der Waals surface area (Å²) in [6, 6.07) is 3.75. The van der Waals surface area contributed by atoms with Gasteiger partial charge in [0.05, 0.1) is 5.56 Å². The zero-order chi connectivity index (χ0) is 20.1. The summed E-state index contributed by atoms with van der Waals surface area (Å²) >= 11 is 0. The zero-order valence-electron chi connectivity index (χ0n) is 14.7. The Kier molecular flexibility index (Phi) is 5.86. The molecule has 0 saturated carbocycles. The highest BCUT2D eigenvalue weighted by molar-refractivity contribution is 5.95. The third-order valence-corrected chi connectivity index (χ3v) is 4.15. The van der Waals surface area contributed by atoms with Gasteiger partial charge in [0.15, 0.2) is 12.3 Å². The lowest BCUT2D eigenvalue weighted by Gasteiger charge is -2.13. The molecule has 2 amide bonds. The Balaban J connectivity index is 1.58. The van der Waals surface area contributed by atoms with Gasteiger partial charge in [0, 0.05) is 6.54 Å². The summed E-state index contributed by atoms with van der Waals surface area (Å²) in [5, 5.41) is 5.31. The number of halogens is 3.